The van der Waals surface area contributed by atoms with Crippen LogP contribution in [0.1, 0.15) is 46.0 Å². The summed E-state index contributed by atoms with van der Waals surface area (Å²) in [7, 11) is 0. The smallest absolute Gasteiger partial charge is 0.0331 e. The zero-order valence-corrected chi connectivity index (χ0v) is 10.3. The second-order valence-corrected chi connectivity index (χ2v) is 5.82. The van der Waals surface area contributed by atoms with Gasteiger partial charge < -0.3 is 5.73 Å². The molecule has 1 aliphatic carbocycles. The van der Waals surface area contributed by atoms with Crippen molar-refractivity contribution >= 4 is 0 Å². The summed E-state index contributed by atoms with van der Waals surface area (Å²) in [5.41, 5.74) is 6.42. The molecule has 0 spiro atoms. The third-order valence-electron chi connectivity index (χ3n) is 4.92. The fourth-order valence-corrected chi connectivity index (χ4v) is 3.38. The number of piperidine rings is 1. The van der Waals surface area contributed by atoms with E-state index in [1.807, 2.05) is 0 Å². The molecule has 0 aromatic heterocycles. The number of nitrogens with zero attached hydrogens (tertiary/aromatic N) is 1. The van der Waals surface area contributed by atoms with E-state index in [1.165, 1.54) is 45.2 Å². The van der Waals surface area contributed by atoms with Crippen LogP contribution in [0.5, 0.6) is 0 Å². The highest BCUT2D eigenvalue weighted by atomic mass is 15.2. The Morgan fingerprint density at radius 1 is 1.20 bits per heavy atom. The molecule has 0 aromatic carbocycles. The third kappa shape index (κ3) is 2.07. The summed E-state index contributed by atoms with van der Waals surface area (Å²) in [5.74, 6) is 1.75. The Kier molecular flexibility index (Phi) is 3.36. The van der Waals surface area contributed by atoms with Gasteiger partial charge in [0.25, 0.3) is 0 Å². The van der Waals surface area contributed by atoms with Gasteiger partial charge in [-0.15, -0.1) is 0 Å². The maximum Gasteiger partial charge on any atom is 0.0331 e. The summed E-state index contributed by atoms with van der Waals surface area (Å²) in [4.78, 5) is 2.71. The van der Waals surface area contributed by atoms with Crippen molar-refractivity contribution in [2.75, 3.05) is 19.6 Å². The Morgan fingerprint density at radius 2 is 1.87 bits per heavy atom. The largest absolute Gasteiger partial charge is 0.329 e. The zero-order valence-electron chi connectivity index (χ0n) is 10.3. The Balaban J connectivity index is 2.03. The van der Waals surface area contributed by atoms with Gasteiger partial charge in [-0.3, -0.25) is 4.90 Å². The van der Waals surface area contributed by atoms with E-state index in [4.69, 9.17) is 5.73 Å². The van der Waals surface area contributed by atoms with Gasteiger partial charge in [0.15, 0.2) is 0 Å². The minimum Gasteiger partial charge on any atom is -0.329 e. The first-order valence-corrected chi connectivity index (χ1v) is 6.63. The van der Waals surface area contributed by atoms with Crippen molar-refractivity contribution in [1.29, 1.82) is 0 Å². The van der Waals surface area contributed by atoms with Crippen molar-refractivity contribution in [2.45, 2.75) is 51.5 Å². The molecule has 0 aromatic rings. The summed E-state index contributed by atoms with van der Waals surface area (Å²) in [6, 6.07) is 0. The summed E-state index contributed by atoms with van der Waals surface area (Å²) >= 11 is 0. The minimum atomic E-state index is 0.383. The van der Waals surface area contributed by atoms with E-state index in [9.17, 15) is 0 Å². The lowest BCUT2D eigenvalue weighted by Gasteiger charge is -2.46. The van der Waals surface area contributed by atoms with E-state index in [2.05, 4.69) is 18.7 Å². The van der Waals surface area contributed by atoms with Crippen LogP contribution in [0.4, 0.5) is 0 Å². The van der Waals surface area contributed by atoms with Crippen LogP contribution in [0.25, 0.3) is 0 Å². The molecule has 2 fully saturated rings. The van der Waals surface area contributed by atoms with Crippen molar-refractivity contribution in [2.24, 2.45) is 17.6 Å². The Hall–Kier alpha value is -0.0800. The fourth-order valence-electron chi connectivity index (χ4n) is 3.38. The van der Waals surface area contributed by atoms with Crippen LogP contribution in [0.3, 0.4) is 0 Å². The molecule has 1 heterocycles. The van der Waals surface area contributed by atoms with Crippen LogP contribution < -0.4 is 5.73 Å². The summed E-state index contributed by atoms with van der Waals surface area (Å²) in [6.45, 7) is 8.22. The van der Waals surface area contributed by atoms with Gasteiger partial charge in [0.05, 0.1) is 0 Å². The highest BCUT2D eigenvalue weighted by Crippen LogP contribution is 2.37. The Labute approximate surface area is 94.2 Å². The predicted molar refractivity (Wildman–Crippen MR) is 64.8 cm³/mol. The molecule has 0 bridgehead atoms. The third-order valence-corrected chi connectivity index (χ3v) is 4.92. The second kappa shape index (κ2) is 4.42. The molecule has 2 aliphatic rings. The lowest BCUT2D eigenvalue weighted by Crippen LogP contribution is -2.56. The molecular weight excluding hydrogens is 184 g/mol. The molecule has 2 rings (SSSR count). The Morgan fingerprint density at radius 3 is 2.40 bits per heavy atom. The summed E-state index contributed by atoms with van der Waals surface area (Å²) in [6.07, 6.45) is 6.81. The predicted octanol–water partition coefficient (Wildman–Crippen LogP) is 2.24. The average Bonchev–Trinajstić information content (AvgIpc) is 2.72. The number of nitrogens with two attached hydrogens (primary N) is 1. The van der Waals surface area contributed by atoms with Gasteiger partial charge in [-0.05, 0) is 37.6 Å². The quantitative estimate of drug-likeness (QED) is 0.757. The monoisotopic (exact) mass is 210 g/mol. The van der Waals surface area contributed by atoms with Crippen LogP contribution in [0.15, 0.2) is 0 Å². The number of likely N-dealkylation sites (tertiary alicyclic amines) is 1. The van der Waals surface area contributed by atoms with E-state index in [0.717, 1.165) is 18.4 Å². The molecule has 15 heavy (non-hydrogen) atoms. The molecule has 2 heteroatoms. The first kappa shape index (κ1) is 11.4. The molecule has 0 radical (unpaired) electrons. The number of hydrogen-bond donors (Lipinski definition) is 1. The molecule has 0 amide bonds. The van der Waals surface area contributed by atoms with E-state index < -0.39 is 0 Å². The highest BCUT2D eigenvalue weighted by molar-refractivity contribution is 4.97. The summed E-state index contributed by atoms with van der Waals surface area (Å²) < 4.78 is 0. The minimum absolute atomic E-state index is 0.383. The van der Waals surface area contributed by atoms with Crippen LogP contribution in [0, 0.1) is 11.8 Å². The van der Waals surface area contributed by atoms with Crippen LogP contribution >= 0.6 is 0 Å². The number of rotatable bonds is 2. The molecule has 1 saturated heterocycles. The van der Waals surface area contributed by atoms with Gasteiger partial charge in [-0.1, -0.05) is 26.7 Å². The second-order valence-electron chi connectivity index (χ2n) is 5.82. The van der Waals surface area contributed by atoms with Gasteiger partial charge in [-0.2, -0.15) is 0 Å². The van der Waals surface area contributed by atoms with E-state index >= 15 is 0 Å². The molecule has 1 aliphatic heterocycles. The van der Waals surface area contributed by atoms with Crippen molar-refractivity contribution in [3.8, 4) is 0 Å². The molecule has 2 nitrogen and oxygen atoms in total. The maximum absolute atomic E-state index is 6.04. The number of hydrogen-bond acceptors (Lipinski definition) is 2. The lowest BCUT2D eigenvalue weighted by molar-refractivity contribution is 0.0344. The van der Waals surface area contributed by atoms with Gasteiger partial charge in [0.1, 0.15) is 0 Å². The maximum atomic E-state index is 6.04. The van der Waals surface area contributed by atoms with Crippen molar-refractivity contribution in [3.05, 3.63) is 0 Å². The Bertz CT molecular complexity index is 209. The van der Waals surface area contributed by atoms with Gasteiger partial charge in [-0.25, -0.2) is 0 Å². The van der Waals surface area contributed by atoms with Crippen LogP contribution in [-0.2, 0) is 0 Å². The fraction of sp³-hybridized carbons (Fsp3) is 1.00. The van der Waals surface area contributed by atoms with Gasteiger partial charge >= 0.3 is 0 Å². The van der Waals surface area contributed by atoms with Gasteiger partial charge in [0.2, 0.25) is 0 Å². The average molecular weight is 210 g/mol. The molecule has 2 N–H and O–H groups in total. The molecular formula is C13H26N2. The van der Waals surface area contributed by atoms with E-state index in [0.29, 0.717) is 5.54 Å². The van der Waals surface area contributed by atoms with Crippen LogP contribution in [-0.4, -0.2) is 30.1 Å². The summed E-state index contributed by atoms with van der Waals surface area (Å²) in [5, 5.41) is 0. The first-order chi connectivity index (χ1) is 7.18. The van der Waals surface area contributed by atoms with Crippen LogP contribution in [0.2, 0.25) is 0 Å². The standard InChI is InChI=1S/C13H26N2/c1-11-5-8-15(9-12(11)2)13(10-14)6-3-4-7-13/h11-12H,3-10,14H2,1-2H3. The topological polar surface area (TPSA) is 29.3 Å². The molecule has 2 unspecified atom stereocenters. The van der Waals surface area contributed by atoms with Gasteiger partial charge in [0, 0.05) is 18.6 Å². The van der Waals surface area contributed by atoms with Crippen molar-refractivity contribution in [3.63, 3.8) is 0 Å². The molecule has 1 saturated carbocycles. The normalized spacial score (nSPS) is 37.0. The lowest BCUT2D eigenvalue weighted by atomic mass is 9.84. The molecule has 88 valence electrons. The van der Waals surface area contributed by atoms with Crippen molar-refractivity contribution in [1.82, 2.24) is 4.90 Å². The van der Waals surface area contributed by atoms with E-state index in [1.54, 1.807) is 0 Å². The highest BCUT2D eigenvalue weighted by Gasteiger charge is 2.40. The SMILES string of the molecule is CC1CCN(C2(CN)CCCC2)CC1C. The van der Waals surface area contributed by atoms with Crippen molar-refractivity contribution < 1.29 is 0 Å². The van der Waals surface area contributed by atoms with E-state index in [-0.39, 0.29) is 0 Å². The zero-order chi connectivity index (χ0) is 10.9. The first-order valence-electron chi connectivity index (χ1n) is 6.63. The molecule has 2 atom stereocenters.